The average molecular weight is 102 g/mol. The van der Waals surface area contributed by atoms with Crippen molar-refractivity contribution in [3.8, 4) is 0 Å². The molecule has 0 unspecified atom stereocenters. The molecule has 0 aliphatic rings. The summed E-state index contributed by atoms with van der Waals surface area (Å²) in [5, 5.41) is 0. The molecule has 0 amide bonds. The largest absolute Gasteiger partial charge is 0.412 e. The number of carbonyl (C=O) groups excluding carboxylic acids is 2. The predicted molar refractivity (Wildman–Crippen MR) is 14.4 cm³/mol. The summed E-state index contributed by atoms with van der Waals surface area (Å²) in [5.41, 5.74) is 0. The summed E-state index contributed by atoms with van der Waals surface area (Å²) in [6, 6.07) is 0. The van der Waals surface area contributed by atoms with E-state index in [-0.39, 0.29) is 49.4 Å². The smallest absolute Gasteiger partial charge is 0.373 e. The first kappa shape index (κ1) is 17.5. The Kier molecular flexibility index (Phi) is 81.7. The molecule has 0 saturated carbocycles. The molecule has 0 heterocycles. The summed E-state index contributed by atoms with van der Waals surface area (Å²) in [6.45, 7) is 0. The topological polar surface area (TPSA) is 65.6 Å². The third-order valence-electron chi connectivity index (χ3n) is 0. The Morgan fingerprint density at radius 1 is 1.20 bits per heavy atom. The van der Waals surface area contributed by atoms with Crippen LogP contribution in [-0.4, -0.2) is 49.4 Å². The molecule has 0 aromatic heterocycles. The Hall–Kier alpha value is 0.600. The Morgan fingerprint density at radius 3 is 1.20 bits per heavy atom. The van der Waals surface area contributed by atoms with Gasteiger partial charge in [-0.2, -0.15) is 9.59 Å². The van der Waals surface area contributed by atoms with E-state index in [4.69, 9.17) is 9.59 Å². The summed E-state index contributed by atoms with van der Waals surface area (Å²) in [5.74, 6) is 0. The zero-order valence-electron chi connectivity index (χ0n) is 2.52. The zero-order valence-corrected chi connectivity index (χ0v) is 4.73. The second-order valence-electron chi connectivity index (χ2n) is 0.0833. The van der Waals surface area contributed by atoms with Crippen LogP contribution in [0.4, 0.5) is 0 Å². The van der Waals surface area contributed by atoms with E-state index in [1.54, 1.807) is 0 Å². The minimum Gasteiger partial charge on any atom is -0.412 e. The van der Waals surface area contributed by atoms with Crippen molar-refractivity contribution < 1.29 is 15.1 Å². The molecule has 0 aliphatic heterocycles. The molecule has 4 heteroatoms. The molecule has 3 nitrogen and oxygen atoms in total. The van der Waals surface area contributed by atoms with Crippen LogP contribution in [0.2, 0.25) is 0 Å². The van der Waals surface area contributed by atoms with E-state index >= 15 is 0 Å². The summed E-state index contributed by atoms with van der Waals surface area (Å²) < 4.78 is 0. The van der Waals surface area contributed by atoms with Crippen LogP contribution in [0.3, 0.4) is 0 Å². The van der Waals surface area contributed by atoms with Gasteiger partial charge < -0.3 is 5.48 Å². The minimum atomic E-state index is 0. The van der Waals surface area contributed by atoms with Crippen molar-refractivity contribution in [1.29, 1.82) is 0 Å². The molecule has 26 valence electrons. The number of hydrogen-bond donors (Lipinski definition) is 0. The van der Waals surface area contributed by atoms with Crippen molar-refractivity contribution in [2.24, 2.45) is 0 Å². The molecule has 0 bridgehead atoms. The third kappa shape index (κ3) is 86.4. The molecule has 0 fully saturated rings. The van der Waals surface area contributed by atoms with Crippen molar-refractivity contribution in [3.63, 3.8) is 0 Å². The molecule has 2 N–H and O–H groups in total. The van der Waals surface area contributed by atoms with Crippen LogP contribution in [0.15, 0.2) is 0 Å². The van der Waals surface area contributed by atoms with Gasteiger partial charge in [0.25, 0.3) is 0 Å². The van der Waals surface area contributed by atoms with E-state index in [1.807, 2.05) is 0 Å². The second-order valence-corrected chi connectivity index (χ2v) is 0.0833. The third-order valence-corrected chi connectivity index (χ3v) is 0. The Morgan fingerprint density at radius 2 is 1.20 bits per heavy atom. The molecule has 0 aliphatic carbocycles. The van der Waals surface area contributed by atoms with Gasteiger partial charge in [-0.15, -0.1) is 0 Å². The van der Waals surface area contributed by atoms with Crippen molar-refractivity contribution in [3.05, 3.63) is 0 Å². The Balaban J connectivity index is -0.0000000200. The van der Waals surface area contributed by atoms with Crippen molar-refractivity contribution in [2.75, 3.05) is 0 Å². The fraction of sp³-hybridized carbons (Fsp3) is 0. The molecule has 0 rings (SSSR count). The van der Waals surface area contributed by atoms with Gasteiger partial charge in [-0.3, -0.25) is 0 Å². The van der Waals surface area contributed by atoms with E-state index in [0.717, 1.165) is 0 Å². The van der Waals surface area contributed by atoms with Gasteiger partial charge in [0.1, 0.15) is 0 Å². The van der Waals surface area contributed by atoms with Crippen LogP contribution in [0, 0.1) is 0 Å². The maximum Gasteiger partial charge on any atom is 0.373 e. The van der Waals surface area contributed by atoms with Crippen LogP contribution in [-0.2, 0) is 9.59 Å². The molecular weight excluding hydrogens is 100 g/mol. The van der Waals surface area contributed by atoms with E-state index < -0.39 is 0 Å². The maximum atomic E-state index is 8.12. The SMILES string of the molecule is O.O=C=O.[Ca]. The quantitative estimate of drug-likeness (QED) is 0.339. The van der Waals surface area contributed by atoms with Crippen molar-refractivity contribution in [1.82, 2.24) is 0 Å². The number of hydrogen-bond acceptors (Lipinski definition) is 2. The van der Waals surface area contributed by atoms with Gasteiger partial charge in [-0.05, 0) is 0 Å². The van der Waals surface area contributed by atoms with E-state index in [2.05, 4.69) is 0 Å². The van der Waals surface area contributed by atoms with Crippen LogP contribution >= 0.6 is 0 Å². The van der Waals surface area contributed by atoms with Crippen LogP contribution in [0.1, 0.15) is 0 Å². The van der Waals surface area contributed by atoms with Gasteiger partial charge >= 0.3 is 6.15 Å². The summed E-state index contributed by atoms with van der Waals surface area (Å²) >= 11 is 0. The molecule has 0 aromatic rings. The summed E-state index contributed by atoms with van der Waals surface area (Å²) in [7, 11) is 0. The van der Waals surface area contributed by atoms with Gasteiger partial charge in [0.15, 0.2) is 0 Å². The summed E-state index contributed by atoms with van der Waals surface area (Å²) in [4.78, 5) is 16.2. The monoisotopic (exact) mass is 102 g/mol. The average Bonchev–Trinajstić information content (AvgIpc) is 0.918. The molecule has 5 heavy (non-hydrogen) atoms. The first-order valence-corrected chi connectivity index (χ1v) is 0.408. The molecule has 0 spiro atoms. The van der Waals surface area contributed by atoms with Crippen LogP contribution in [0.25, 0.3) is 0 Å². The van der Waals surface area contributed by atoms with Crippen LogP contribution in [0.5, 0.6) is 0 Å². The first-order valence-electron chi connectivity index (χ1n) is 0.408. The molecule has 2 radical (unpaired) electrons. The summed E-state index contributed by atoms with van der Waals surface area (Å²) in [6.07, 6.45) is 0.250. The molecule has 0 aromatic carbocycles. The normalized spacial score (nSPS) is 1.60. The fourth-order valence-corrected chi connectivity index (χ4v) is 0. The van der Waals surface area contributed by atoms with Crippen molar-refractivity contribution in [2.45, 2.75) is 0 Å². The standard InChI is InChI=1S/CO2.Ca.H2O/c2-1-3;;/h;;1H2. The van der Waals surface area contributed by atoms with Gasteiger partial charge in [0, 0.05) is 37.7 Å². The second kappa shape index (κ2) is 23.3. The first-order chi connectivity index (χ1) is 1.41. The van der Waals surface area contributed by atoms with E-state index in [9.17, 15) is 0 Å². The Bertz CT molecular complexity index is 27.9. The van der Waals surface area contributed by atoms with E-state index in [0.29, 0.717) is 0 Å². The predicted octanol–water partition coefficient (Wildman–Crippen LogP) is -1.79. The molecular formula is CH2CaO3. The van der Waals surface area contributed by atoms with Crippen molar-refractivity contribution >= 4 is 43.9 Å². The zero-order chi connectivity index (χ0) is 2.71. The fourth-order valence-electron chi connectivity index (χ4n) is 0. The van der Waals surface area contributed by atoms with Gasteiger partial charge in [-0.1, -0.05) is 0 Å². The Labute approximate surface area is 58.7 Å². The number of rotatable bonds is 0. The molecule has 0 saturated heterocycles. The van der Waals surface area contributed by atoms with Gasteiger partial charge in [-0.25, -0.2) is 0 Å². The van der Waals surface area contributed by atoms with Gasteiger partial charge in [0.2, 0.25) is 0 Å². The van der Waals surface area contributed by atoms with Gasteiger partial charge in [0.05, 0.1) is 0 Å². The maximum absolute atomic E-state index is 8.12. The van der Waals surface area contributed by atoms with Crippen LogP contribution < -0.4 is 0 Å². The molecule has 0 atom stereocenters. The minimum absolute atomic E-state index is 0. The van der Waals surface area contributed by atoms with E-state index in [1.165, 1.54) is 0 Å².